The Morgan fingerprint density at radius 1 is 1.05 bits per heavy atom. The van der Waals surface area contributed by atoms with E-state index in [-0.39, 0.29) is 0 Å². The van der Waals surface area contributed by atoms with Crippen molar-refractivity contribution in [1.29, 1.82) is 0 Å². The maximum atomic E-state index is 9.78. The average molecular weight is 330 g/mol. The second kappa shape index (κ2) is 9.16. The third-order valence-electron chi connectivity index (χ3n) is 2.38. The number of aromatic hydroxyl groups is 1. The van der Waals surface area contributed by atoms with Crippen molar-refractivity contribution < 1.29 is 22.1 Å². The van der Waals surface area contributed by atoms with Crippen LogP contribution in [0.3, 0.4) is 0 Å². The summed E-state index contributed by atoms with van der Waals surface area (Å²) in [7, 11) is 9.78. The third-order valence-corrected chi connectivity index (χ3v) is 2.38. The maximum absolute atomic E-state index is 9.78. The summed E-state index contributed by atoms with van der Waals surface area (Å²) < 4.78 is 0. The number of phenolic OH excluding ortho intramolecular Hbond substituents is 1. The Kier molecular flexibility index (Phi) is 7.84. The third kappa shape index (κ3) is 5.79. The number of halogens is 2. The van der Waals surface area contributed by atoms with Crippen molar-refractivity contribution in [2.75, 3.05) is 0 Å². The molecule has 0 unspecified atom stereocenters. The van der Waals surface area contributed by atoms with Crippen LogP contribution in [0.4, 0.5) is 5.69 Å². The second-order valence-electron chi connectivity index (χ2n) is 3.68. The fourth-order valence-corrected chi connectivity index (χ4v) is 1.44. The molecule has 0 amide bonds. The first-order valence-electron chi connectivity index (χ1n) is 5.53. The molecule has 0 fully saturated rings. The van der Waals surface area contributed by atoms with Crippen molar-refractivity contribution >= 4 is 30.5 Å². The van der Waals surface area contributed by atoms with Gasteiger partial charge in [0.2, 0.25) is 0 Å². The molecule has 0 spiro atoms. The monoisotopic (exact) mass is 329 g/mol. The number of aliphatic imine (C=N–C) groups is 1. The van der Waals surface area contributed by atoms with Crippen molar-refractivity contribution in [1.82, 2.24) is 0 Å². The Hall–Kier alpha value is -0.796. The van der Waals surface area contributed by atoms with Crippen LogP contribution in [0.1, 0.15) is 11.1 Å². The summed E-state index contributed by atoms with van der Waals surface area (Å²) in [6, 6.07) is 15.3. The first-order chi connectivity index (χ1) is 9.19. The van der Waals surface area contributed by atoms with E-state index in [0.29, 0.717) is 5.75 Å². The van der Waals surface area contributed by atoms with E-state index >= 15 is 0 Å². The van der Waals surface area contributed by atoms with E-state index < -0.39 is 17.0 Å². The number of hydrogen-bond donors (Lipinski definition) is 1. The van der Waals surface area contributed by atoms with Gasteiger partial charge in [-0.25, -0.2) is 0 Å². The molecule has 0 saturated heterocycles. The van der Waals surface area contributed by atoms with E-state index in [1.54, 1.807) is 6.21 Å². The summed E-state index contributed by atoms with van der Waals surface area (Å²) in [4.78, 5) is 4.29. The normalized spacial score (nSPS) is 9.84. The molecule has 2 aromatic carbocycles. The molecule has 0 saturated carbocycles. The summed E-state index contributed by atoms with van der Waals surface area (Å²) in [6.45, 7) is 1.87. The fourth-order valence-electron chi connectivity index (χ4n) is 1.44. The number of rotatable bonds is 2. The second-order valence-corrected chi connectivity index (χ2v) is 6.26. The first-order valence-corrected chi connectivity index (χ1v) is 9.82. The van der Waals surface area contributed by atoms with Crippen LogP contribution >= 0.6 is 18.6 Å². The van der Waals surface area contributed by atoms with Gasteiger partial charge in [0.25, 0.3) is 0 Å². The summed E-state index contributed by atoms with van der Waals surface area (Å²) in [6.07, 6.45) is 1.68. The van der Waals surface area contributed by atoms with Gasteiger partial charge in [-0.15, -0.1) is 0 Å². The molecule has 2 aromatic rings. The van der Waals surface area contributed by atoms with Gasteiger partial charge < -0.3 is 5.11 Å². The molecule has 0 atom stereocenters. The van der Waals surface area contributed by atoms with Gasteiger partial charge in [-0.05, 0) is 30.7 Å². The molecule has 2 rings (SSSR count). The summed E-state index contributed by atoms with van der Waals surface area (Å²) in [5, 5.41) is 9.78. The molecule has 19 heavy (non-hydrogen) atoms. The number of para-hydroxylation sites is 2. The van der Waals surface area contributed by atoms with Crippen molar-refractivity contribution in [2.45, 2.75) is 6.92 Å². The number of aryl methyl sites for hydroxylation is 1. The van der Waals surface area contributed by atoms with Gasteiger partial charge in [-0.3, -0.25) is 4.99 Å². The molecule has 0 aliphatic rings. The van der Waals surface area contributed by atoms with Gasteiger partial charge in [-0.1, -0.05) is 30.3 Å². The van der Waals surface area contributed by atoms with Crippen LogP contribution in [0.15, 0.2) is 53.5 Å². The predicted octanol–water partition coefficient (Wildman–Crippen LogP) is 4.83. The topological polar surface area (TPSA) is 32.6 Å². The van der Waals surface area contributed by atoms with Gasteiger partial charge in [0.15, 0.2) is 0 Å². The standard InChI is InChI=1S/C14H13NO.2ClH.Ti/c1-11-6-5-7-12(14(11)16)10-15-13-8-3-2-4-9-13;;;/h2-10,16H,1H3;2*1H;/q;;;+2/p-2. The molecular formula is C14H13Cl2NOTi. The van der Waals surface area contributed by atoms with Crippen LogP contribution < -0.4 is 0 Å². The summed E-state index contributed by atoms with van der Waals surface area (Å²) in [5.41, 5.74) is 2.48. The molecular weight excluding hydrogens is 317 g/mol. The fraction of sp³-hybridized carbons (Fsp3) is 0.0714. The van der Waals surface area contributed by atoms with Gasteiger partial charge in [-0.2, -0.15) is 0 Å². The first kappa shape index (κ1) is 16.3. The van der Waals surface area contributed by atoms with E-state index in [9.17, 15) is 5.11 Å². The van der Waals surface area contributed by atoms with Crippen LogP contribution in [0.25, 0.3) is 0 Å². The van der Waals surface area contributed by atoms with Crippen LogP contribution in [0.5, 0.6) is 5.75 Å². The van der Waals surface area contributed by atoms with Gasteiger partial charge in [0.1, 0.15) is 5.75 Å². The van der Waals surface area contributed by atoms with Crippen molar-refractivity contribution in [3.63, 3.8) is 0 Å². The zero-order valence-corrected chi connectivity index (χ0v) is 13.4. The number of benzene rings is 2. The van der Waals surface area contributed by atoms with Gasteiger partial charge in [0.05, 0.1) is 5.69 Å². The van der Waals surface area contributed by atoms with Crippen molar-refractivity contribution in [3.8, 4) is 5.75 Å². The molecule has 98 valence electrons. The minimum absolute atomic E-state index is 0.294. The minimum atomic E-state index is -0.556. The van der Waals surface area contributed by atoms with Crippen LogP contribution in [-0.4, -0.2) is 11.3 Å². The van der Waals surface area contributed by atoms with Crippen molar-refractivity contribution in [3.05, 3.63) is 59.7 Å². The molecule has 2 nitrogen and oxygen atoms in total. The molecule has 0 aliphatic carbocycles. The quantitative estimate of drug-likeness (QED) is 0.621. The Bertz CT molecular complexity index is 532. The Morgan fingerprint density at radius 2 is 1.68 bits per heavy atom. The molecule has 0 radical (unpaired) electrons. The average Bonchev–Trinajstić information content (AvgIpc) is 2.43. The van der Waals surface area contributed by atoms with E-state index in [2.05, 4.69) is 4.99 Å². The molecule has 1 N–H and O–H groups in total. The van der Waals surface area contributed by atoms with Crippen LogP contribution in [-0.2, 0) is 17.0 Å². The number of phenols is 1. The van der Waals surface area contributed by atoms with Crippen molar-refractivity contribution in [2.24, 2.45) is 4.99 Å². The number of nitrogens with zero attached hydrogens (tertiary/aromatic N) is 1. The molecule has 0 aromatic heterocycles. The van der Waals surface area contributed by atoms with Gasteiger partial charge in [0, 0.05) is 11.8 Å². The van der Waals surface area contributed by atoms with Gasteiger partial charge >= 0.3 is 35.6 Å². The van der Waals surface area contributed by atoms with E-state index in [4.69, 9.17) is 18.6 Å². The molecule has 0 heterocycles. The Labute approximate surface area is 129 Å². The SMILES string of the molecule is Cc1cccc(C=Nc2ccccc2)c1O.[Cl][Ti][Cl]. The summed E-state index contributed by atoms with van der Waals surface area (Å²) >= 11 is -0.556. The molecule has 5 heteroatoms. The van der Waals surface area contributed by atoms with Crippen LogP contribution in [0, 0.1) is 6.92 Å². The summed E-state index contributed by atoms with van der Waals surface area (Å²) in [5.74, 6) is 0.294. The molecule has 0 bridgehead atoms. The predicted molar refractivity (Wildman–Crippen MR) is 78.2 cm³/mol. The van der Waals surface area contributed by atoms with E-state index in [1.165, 1.54) is 0 Å². The zero-order chi connectivity index (χ0) is 14.1. The number of hydrogen-bond acceptors (Lipinski definition) is 2. The van der Waals surface area contributed by atoms with Crippen LogP contribution in [0.2, 0.25) is 0 Å². The van der Waals surface area contributed by atoms with E-state index in [1.807, 2.05) is 55.5 Å². The zero-order valence-electron chi connectivity index (χ0n) is 10.3. The Morgan fingerprint density at radius 3 is 2.32 bits per heavy atom. The Balaban J connectivity index is 0.000000550. The van der Waals surface area contributed by atoms with E-state index in [0.717, 1.165) is 16.8 Å². The molecule has 0 aliphatic heterocycles.